The molecule has 1 aliphatic heterocycles. The lowest BCUT2D eigenvalue weighted by atomic mass is 9.83. The Bertz CT molecular complexity index is 948. The van der Waals surface area contributed by atoms with E-state index >= 15 is 0 Å². The number of benzene rings is 2. The van der Waals surface area contributed by atoms with Gasteiger partial charge in [-0.25, -0.2) is 4.79 Å². The summed E-state index contributed by atoms with van der Waals surface area (Å²) in [4.78, 5) is 50.5. The molecule has 2 aromatic carbocycles. The molecule has 0 aromatic heterocycles. The molecule has 4 amide bonds. The summed E-state index contributed by atoms with van der Waals surface area (Å²) >= 11 is 0. The molecule has 162 valence electrons. The van der Waals surface area contributed by atoms with E-state index in [1.54, 1.807) is 24.3 Å². The number of carbonyl (C=O) groups excluding carboxylic acids is 4. The van der Waals surface area contributed by atoms with Crippen LogP contribution in [0.2, 0.25) is 0 Å². The summed E-state index contributed by atoms with van der Waals surface area (Å²) in [5.41, 5.74) is 0.248. The first kappa shape index (κ1) is 22.0. The van der Waals surface area contributed by atoms with E-state index in [-0.39, 0.29) is 25.4 Å². The Kier molecular flexibility index (Phi) is 7.02. The third-order valence-corrected chi connectivity index (χ3v) is 5.16. The molecule has 0 unspecified atom stereocenters. The van der Waals surface area contributed by atoms with E-state index in [4.69, 9.17) is 0 Å². The normalized spacial score (nSPS) is 17.9. The summed E-state index contributed by atoms with van der Waals surface area (Å²) in [5, 5.41) is 5.45. The summed E-state index contributed by atoms with van der Waals surface area (Å²) < 4.78 is 4.55. The lowest BCUT2D eigenvalue weighted by Gasteiger charge is -2.27. The van der Waals surface area contributed by atoms with Crippen molar-refractivity contribution in [3.8, 4) is 0 Å². The van der Waals surface area contributed by atoms with Crippen LogP contribution in [0.3, 0.4) is 0 Å². The summed E-state index contributed by atoms with van der Waals surface area (Å²) in [5.74, 6) is -1.31. The lowest BCUT2D eigenvalue weighted by molar-refractivity contribution is -0.140. The molecule has 1 atom stereocenters. The van der Waals surface area contributed by atoms with Gasteiger partial charge in [-0.15, -0.1) is 0 Å². The maximum Gasteiger partial charge on any atom is 0.325 e. The number of ether oxygens (including phenoxy) is 1. The van der Waals surface area contributed by atoms with E-state index in [0.29, 0.717) is 12.0 Å². The highest BCUT2D eigenvalue weighted by Gasteiger charge is 2.52. The number of methoxy groups -OCH3 is 1. The van der Waals surface area contributed by atoms with Crippen molar-refractivity contribution in [2.24, 2.45) is 0 Å². The zero-order chi connectivity index (χ0) is 22.3. The van der Waals surface area contributed by atoms with E-state index < -0.39 is 29.9 Å². The Balaban J connectivity index is 1.74. The van der Waals surface area contributed by atoms with Crippen LogP contribution in [0.5, 0.6) is 0 Å². The number of esters is 1. The molecule has 8 nitrogen and oxygen atoms in total. The van der Waals surface area contributed by atoms with Gasteiger partial charge < -0.3 is 15.4 Å². The fraction of sp³-hybridized carbons (Fsp3) is 0.304. The number of nitrogens with zero attached hydrogens (tertiary/aromatic N) is 1. The van der Waals surface area contributed by atoms with Crippen molar-refractivity contribution in [1.29, 1.82) is 0 Å². The average Bonchev–Trinajstić information content (AvgIpc) is 3.02. The maximum atomic E-state index is 13.4. The third kappa shape index (κ3) is 5.09. The van der Waals surface area contributed by atoms with Crippen LogP contribution in [0.4, 0.5) is 4.79 Å². The molecule has 0 saturated carbocycles. The molecule has 0 spiro atoms. The van der Waals surface area contributed by atoms with Crippen LogP contribution in [-0.2, 0) is 31.1 Å². The number of imide groups is 1. The van der Waals surface area contributed by atoms with Crippen LogP contribution in [0, 0.1) is 0 Å². The Morgan fingerprint density at radius 3 is 2.32 bits per heavy atom. The number of urea groups is 1. The van der Waals surface area contributed by atoms with Gasteiger partial charge in [0.15, 0.2) is 5.54 Å². The summed E-state index contributed by atoms with van der Waals surface area (Å²) in [6.45, 7) is -0.155. The minimum absolute atomic E-state index is 0.175. The quantitative estimate of drug-likeness (QED) is 0.363. The van der Waals surface area contributed by atoms with E-state index in [1.165, 1.54) is 7.11 Å². The standard InChI is InChI=1S/C23H25N3O5/c1-31-20(28)13-8-14-24-19(27)16-26-21(29)23(25-22(26)30,18-11-6-3-7-12-18)15-17-9-4-2-5-10-17/h2-7,9-12H,8,13-16H2,1H3,(H,24,27)(H,25,30)/t23-/m0/s1. The number of nitrogens with one attached hydrogen (secondary N) is 2. The molecule has 1 heterocycles. The van der Waals surface area contributed by atoms with Crippen LogP contribution in [0.1, 0.15) is 24.0 Å². The number of carbonyl (C=O) groups is 4. The molecule has 0 bridgehead atoms. The van der Waals surface area contributed by atoms with Crippen LogP contribution in [0.15, 0.2) is 60.7 Å². The molecule has 31 heavy (non-hydrogen) atoms. The number of amides is 4. The molecule has 2 N–H and O–H groups in total. The predicted molar refractivity (Wildman–Crippen MR) is 113 cm³/mol. The molecule has 1 fully saturated rings. The van der Waals surface area contributed by atoms with Crippen molar-refractivity contribution >= 4 is 23.8 Å². The molecule has 2 aromatic rings. The zero-order valence-electron chi connectivity index (χ0n) is 17.3. The van der Waals surface area contributed by atoms with Gasteiger partial charge in [-0.1, -0.05) is 60.7 Å². The Hall–Kier alpha value is -3.68. The smallest absolute Gasteiger partial charge is 0.325 e. The van der Waals surface area contributed by atoms with Gasteiger partial charge in [0.1, 0.15) is 6.54 Å². The van der Waals surface area contributed by atoms with Gasteiger partial charge in [-0.05, 0) is 17.5 Å². The van der Waals surface area contributed by atoms with Gasteiger partial charge in [0.05, 0.1) is 7.11 Å². The Morgan fingerprint density at radius 1 is 1.03 bits per heavy atom. The maximum absolute atomic E-state index is 13.4. The number of rotatable bonds is 9. The second-order valence-electron chi connectivity index (χ2n) is 7.28. The Labute approximate surface area is 180 Å². The molecule has 1 saturated heterocycles. The highest BCUT2D eigenvalue weighted by molar-refractivity contribution is 6.09. The zero-order valence-corrected chi connectivity index (χ0v) is 17.3. The highest BCUT2D eigenvalue weighted by Crippen LogP contribution is 2.32. The fourth-order valence-electron chi connectivity index (χ4n) is 3.57. The van der Waals surface area contributed by atoms with Crippen molar-refractivity contribution in [2.75, 3.05) is 20.2 Å². The summed E-state index contributed by atoms with van der Waals surface area (Å²) in [7, 11) is 1.30. The van der Waals surface area contributed by atoms with Gasteiger partial charge in [-0.2, -0.15) is 0 Å². The van der Waals surface area contributed by atoms with Crippen molar-refractivity contribution in [3.63, 3.8) is 0 Å². The summed E-state index contributed by atoms with van der Waals surface area (Å²) in [6.07, 6.45) is 0.842. The Morgan fingerprint density at radius 2 is 1.68 bits per heavy atom. The van der Waals surface area contributed by atoms with Gasteiger partial charge in [0, 0.05) is 19.4 Å². The average molecular weight is 423 g/mol. The van der Waals surface area contributed by atoms with Gasteiger partial charge in [-0.3, -0.25) is 19.3 Å². The molecular weight excluding hydrogens is 398 g/mol. The van der Waals surface area contributed by atoms with Crippen LogP contribution in [0.25, 0.3) is 0 Å². The minimum atomic E-state index is -1.29. The third-order valence-electron chi connectivity index (χ3n) is 5.16. The minimum Gasteiger partial charge on any atom is -0.469 e. The van der Waals surface area contributed by atoms with Crippen molar-refractivity contribution in [1.82, 2.24) is 15.5 Å². The second-order valence-corrected chi connectivity index (χ2v) is 7.28. The monoisotopic (exact) mass is 423 g/mol. The fourth-order valence-corrected chi connectivity index (χ4v) is 3.57. The summed E-state index contributed by atoms with van der Waals surface area (Å²) in [6, 6.07) is 17.8. The molecule has 1 aliphatic rings. The second kappa shape index (κ2) is 9.88. The molecule has 8 heteroatoms. The van der Waals surface area contributed by atoms with Crippen molar-refractivity contribution in [2.45, 2.75) is 24.8 Å². The van der Waals surface area contributed by atoms with Crippen LogP contribution < -0.4 is 10.6 Å². The van der Waals surface area contributed by atoms with Gasteiger partial charge in [0.25, 0.3) is 5.91 Å². The van der Waals surface area contributed by atoms with E-state index in [0.717, 1.165) is 10.5 Å². The van der Waals surface area contributed by atoms with E-state index in [2.05, 4.69) is 15.4 Å². The van der Waals surface area contributed by atoms with Crippen LogP contribution in [-0.4, -0.2) is 48.9 Å². The largest absolute Gasteiger partial charge is 0.469 e. The first-order chi connectivity index (χ1) is 15.0. The predicted octanol–water partition coefficient (Wildman–Crippen LogP) is 1.75. The first-order valence-corrected chi connectivity index (χ1v) is 10.0. The lowest BCUT2D eigenvalue weighted by Crippen LogP contribution is -2.47. The molecule has 0 aliphatic carbocycles. The van der Waals surface area contributed by atoms with Crippen molar-refractivity contribution in [3.05, 3.63) is 71.8 Å². The van der Waals surface area contributed by atoms with Gasteiger partial charge in [0.2, 0.25) is 5.91 Å². The SMILES string of the molecule is COC(=O)CCCNC(=O)CN1C(=O)N[C@@](Cc2ccccc2)(c2ccccc2)C1=O. The topological polar surface area (TPSA) is 105 Å². The number of hydrogen-bond acceptors (Lipinski definition) is 5. The van der Waals surface area contributed by atoms with Gasteiger partial charge >= 0.3 is 12.0 Å². The molecular formula is C23H25N3O5. The first-order valence-electron chi connectivity index (χ1n) is 10.0. The highest BCUT2D eigenvalue weighted by atomic mass is 16.5. The van der Waals surface area contributed by atoms with Crippen molar-refractivity contribution < 1.29 is 23.9 Å². The van der Waals surface area contributed by atoms with E-state index in [1.807, 2.05) is 36.4 Å². The molecule has 0 radical (unpaired) electrons. The van der Waals surface area contributed by atoms with Crippen LogP contribution >= 0.6 is 0 Å². The number of hydrogen-bond donors (Lipinski definition) is 2. The van der Waals surface area contributed by atoms with E-state index in [9.17, 15) is 19.2 Å². The molecule has 3 rings (SSSR count).